The lowest BCUT2D eigenvalue weighted by Crippen LogP contribution is -2.32. The second-order valence-electron chi connectivity index (χ2n) is 6.51. The van der Waals surface area contributed by atoms with Crippen molar-refractivity contribution in [2.45, 2.75) is 40.0 Å². The largest absolute Gasteiger partial charge is 0.388 e. The lowest BCUT2D eigenvalue weighted by molar-refractivity contribution is 0.0758. The highest BCUT2D eigenvalue weighted by molar-refractivity contribution is 5.95. The monoisotopic (exact) mass is 288 g/mol. The maximum atomic E-state index is 12.7. The molecule has 1 saturated heterocycles. The van der Waals surface area contributed by atoms with E-state index in [1.807, 2.05) is 37.1 Å². The fourth-order valence-corrected chi connectivity index (χ4v) is 3.25. The molecule has 116 valence electrons. The molecular weight excluding hydrogens is 260 g/mol. The zero-order valence-corrected chi connectivity index (χ0v) is 13.8. The molecule has 1 N–H and O–H groups in total. The summed E-state index contributed by atoms with van der Waals surface area (Å²) in [5, 5.41) is 3.14. The van der Waals surface area contributed by atoms with Crippen molar-refractivity contribution in [2.75, 3.05) is 25.5 Å². The van der Waals surface area contributed by atoms with E-state index in [0.717, 1.165) is 54.6 Å². The molecule has 0 saturated carbocycles. The number of nitrogens with zero attached hydrogens (tertiary/aromatic N) is 1. The lowest BCUT2D eigenvalue weighted by Gasteiger charge is -2.22. The third-order valence-corrected chi connectivity index (χ3v) is 4.75. The smallest absolute Gasteiger partial charge is 0.253 e. The normalized spacial score (nSPS) is 19.5. The van der Waals surface area contributed by atoms with Crippen LogP contribution < -0.4 is 5.32 Å². The second-order valence-corrected chi connectivity index (χ2v) is 6.51. The van der Waals surface area contributed by atoms with E-state index < -0.39 is 0 Å². The average molecular weight is 288 g/mol. The molecule has 1 unspecified atom stereocenters. The van der Waals surface area contributed by atoms with Crippen molar-refractivity contribution in [3.05, 3.63) is 29.3 Å². The van der Waals surface area contributed by atoms with Crippen molar-refractivity contribution in [3.8, 4) is 0 Å². The summed E-state index contributed by atoms with van der Waals surface area (Å²) in [5.41, 5.74) is 3.02. The molecule has 2 rings (SSSR count). The molecule has 1 aromatic carbocycles. The molecule has 1 amide bonds. The van der Waals surface area contributed by atoms with Crippen LogP contribution in [0.1, 0.15) is 49.0 Å². The predicted molar refractivity (Wildman–Crippen MR) is 88.8 cm³/mol. The summed E-state index contributed by atoms with van der Waals surface area (Å²) in [4.78, 5) is 14.7. The van der Waals surface area contributed by atoms with Gasteiger partial charge in [-0.15, -0.1) is 0 Å². The maximum Gasteiger partial charge on any atom is 0.253 e. The third-order valence-electron chi connectivity index (χ3n) is 4.75. The van der Waals surface area contributed by atoms with Crippen LogP contribution in [0.3, 0.4) is 0 Å². The minimum absolute atomic E-state index is 0.185. The van der Waals surface area contributed by atoms with Gasteiger partial charge in [-0.1, -0.05) is 13.8 Å². The molecule has 1 aliphatic rings. The first kappa shape index (κ1) is 15.9. The second kappa shape index (κ2) is 6.97. The van der Waals surface area contributed by atoms with E-state index in [0.29, 0.717) is 0 Å². The van der Waals surface area contributed by atoms with Crippen LogP contribution in [0, 0.1) is 18.8 Å². The summed E-state index contributed by atoms with van der Waals surface area (Å²) in [5.74, 6) is 1.67. The number of carbonyl (C=O) groups excluding carboxylic acids is 1. The summed E-state index contributed by atoms with van der Waals surface area (Å²) in [6.45, 7) is 8.42. The molecule has 1 atom stereocenters. The fourth-order valence-electron chi connectivity index (χ4n) is 3.25. The maximum absolute atomic E-state index is 12.7. The van der Waals surface area contributed by atoms with E-state index in [1.165, 1.54) is 6.42 Å². The standard InChI is InChI=1S/C18H28N2O/c1-13(2)15-6-5-10-20(11-9-15)18(21)16-7-8-17(19-4)14(3)12-16/h7-8,12-13,15,19H,5-6,9-11H2,1-4H3. The molecule has 1 heterocycles. The van der Waals surface area contributed by atoms with Crippen LogP contribution in [0.2, 0.25) is 0 Å². The van der Waals surface area contributed by atoms with Crippen molar-refractivity contribution in [1.82, 2.24) is 4.90 Å². The van der Waals surface area contributed by atoms with Gasteiger partial charge in [0.25, 0.3) is 5.91 Å². The molecule has 0 aromatic heterocycles. The molecule has 0 spiro atoms. The molecule has 0 aliphatic carbocycles. The molecule has 1 fully saturated rings. The third kappa shape index (κ3) is 3.78. The summed E-state index contributed by atoms with van der Waals surface area (Å²) in [6, 6.07) is 5.93. The zero-order valence-electron chi connectivity index (χ0n) is 13.8. The Morgan fingerprint density at radius 2 is 2.05 bits per heavy atom. The summed E-state index contributed by atoms with van der Waals surface area (Å²) < 4.78 is 0. The van der Waals surface area contributed by atoms with Gasteiger partial charge < -0.3 is 10.2 Å². The minimum Gasteiger partial charge on any atom is -0.388 e. The van der Waals surface area contributed by atoms with Gasteiger partial charge in [0.1, 0.15) is 0 Å². The Morgan fingerprint density at radius 1 is 1.29 bits per heavy atom. The Bertz CT molecular complexity index is 496. The van der Waals surface area contributed by atoms with Gasteiger partial charge in [0.15, 0.2) is 0 Å². The molecule has 0 bridgehead atoms. The van der Waals surface area contributed by atoms with Crippen LogP contribution >= 0.6 is 0 Å². The Labute approximate surface area is 128 Å². The zero-order chi connectivity index (χ0) is 15.4. The molecule has 1 aromatic rings. The Balaban J connectivity index is 2.07. The lowest BCUT2D eigenvalue weighted by atomic mass is 9.89. The Morgan fingerprint density at radius 3 is 2.67 bits per heavy atom. The van der Waals surface area contributed by atoms with Gasteiger partial charge in [0, 0.05) is 31.4 Å². The number of hydrogen-bond donors (Lipinski definition) is 1. The Hall–Kier alpha value is -1.51. The topological polar surface area (TPSA) is 32.3 Å². The number of hydrogen-bond acceptors (Lipinski definition) is 2. The number of anilines is 1. The quantitative estimate of drug-likeness (QED) is 0.914. The number of benzene rings is 1. The summed E-state index contributed by atoms with van der Waals surface area (Å²) >= 11 is 0. The van der Waals surface area contributed by atoms with Crippen LogP contribution in [-0.2, 0) is 0 Å². The highest BCUT2D eigenvalue weighted by atomic mass is 16.2. The van der Waals surface area contributed by atoms with Crippen LogP contribution in [0.15, 0.2) is 18.2 Å². The van der Waals surface area contributed by atoms with Crippen molar-refractivity contribution in [3.63, 3.8) is 0 Å². The van der Waals surface area contributed by atoms with Gasteiger partial charge in [0.05, 0.1) is 0 Å². The first-order chi connectivity index (χ1) is 10.0. The van der Waals surface area contributed by atoms with E-state index in [2.05, 4.69) is 19.2 Å². The first-order valence-corrected chi connectivity index (χ1v) is 8.10. The molecular formula is C18H28N2O. The van der Waals surface area contributed by atoms with Gasteiger partial charge in [0.2, 0.25) is 0 Å². The summed E-state index contributed by atoms with van der Waals surface area (Å²) in [7, 11) is 1.91. The van der Waals surface area contributed by atoms with E-state index in [1.54, 1.807) is 0 Å². The van der Waals surface area contributed by atoms with Gasteiger partial charge in [-0.25, -0.2) is 0 Å². The van der Waals surface area contributed by atoms with E-state index in [9.17, 15) is 4.79 Å². The van der Waals surface area contributed by atoms with Crippen molar-refractivity contribution in [2.24, 2.45) is 11.8 Å². The number of carbonyl (C=O) groups is 1. The molecule has 3 heteroatoms. The highest BCUT2D eigenvalue weighted by Gasteiger charge is 2.23. The van der Waals surface area contributed by atoms with Crippen molar-refractivity contribution >= 4 is 11.6 Å². The van der Waals surface area contributed by atoms with Crippen LogP contribution in [0.4, 0.5) is 5.69 Å². The first-order valence-electron chi connectivity index (χ1n) is 8.10. The molecule has 3 nitrogen and oxygen atoms in total. The van der Waals surface area contributed by atoms with E-state index in [-0.39, 0.29) is 5.91 Å². The number of nitrogens with one attached hydrogen (secondary N) is 1. The van der Waals surface area contributed by atoms with Gasteiger partial charge in [-0.05, 0) is 61.8 Å². The molecule has 21 heavy (non-hydrogen) atoms. The number of likely N-dealkylation sites (tertiary alicyclic amines) is 1. The van der Waals surface area contributed by atoms with Gasteiger partial charge >= 0.3 is 0 Å². The minimum atomic E-state index is 0.185. The Kier molecular flexibility index (Phi) is 5.27. The average Bonchev–Trinajstić information content (AvgIpc) is 2.72. The highest BCUT2D eigenvalue weighted by Crippen LogP contribution is 2.25. The predicted octanol–water partition coefficient (Wildman–Crippen LogP) is 3.94. The van der Waals surface area contributed by atoms with Gasteiger partial charge in [-0.2, -0.15) is 0 Å². The number of aryl methyl sites for hydroxylation is 1. The number of rotatable bonds is 3. The molecule has 0 radical (unpaired) electrons. The van der Waals surface area contributed by atoms with Crippen LogP contribution in [-0.4, -0.2) is 30.9 Å². The fraction of sp³-hybridized carbons (Fsp3) is 0.611. The number of amides is 1. The van der Waals surface area contributed by atoms with E-state index in [4.69, 9.17) is 0 Å². The van der Waals surface area contributed by atoms with E-state index >= 15 is 0 Å². The van der Waals surface area contributed by atoms with Crippen molar-refractivity contribution in [1.29, 1.82) is 0 Å². The SMILES string of the molecule is CNc1ccc(C(=O)N2CCCC(C(C)C)CC2)cc1C. The molecule has 1 aliphatic heterocycles. The van der Waals surface area contributed by atoms with Crippen LogP contribution in [0.25, 0.3) is 0 Å². The van der Waals surface area contributed by atoms with Crippen molar-refractivity contribution < 1.29 is 4.79 Å². The van der Waals surface area contributed by atoms with Gasteiger partial charge in [-0.3, -0.25) is 4.79 Å². The summed E-state index contributed by atoms with van der Waals surface area (Å²) in [6.07, 6.45) is 3.51. The van der Waals surface area contributed by atoms with Crippen LogP contribution in [0.5, 0.6) is 0 Å².